The lowest BCUT2D eigenvalue weighted by Gasteiger charge is -2.25. The fourth-order valence-electron chi connectivity index (χ4n) is 2.54. The Morgan fingerprint density at radius 1 is 1.25 bits per heavy atom. The van der Waals surface area contributed by atoms with Crippen LogP contribution in [0.5, 0.6) is 0 Å². The summed E-state index contributed by atoms with van der Waals surface area (Å²) in [7, 11) is 0. The molecule has 2 saturated carbocycles. The van der Waals surface area contributed by atoms with Crippen LogP contribution in [0.4, 0.5) is 0 Å². The Hall–Kier alpha value is -0.0500. The lowest BCUT2D eigenvalue weighted by atomic mass is 9.89. The van der Waals surface area contributed by atoms with E-state index in [1.807, 2.05) is 0 Å². The number of hydrogen-bond acceptors (Lipinski definition) is 1. The average Bonchev–Trinajstić information content (AvgIpc) is 3.11. The molecule has 3 heteroatoms. The van der Waals surface area contributed by atoms with Gasteiger partial charge in [-0.1, -0.05) is 22.9 Å². The van der Waals surface area contributed by atoms with Gasteiger partial charge in [0.1, 0.15) is 0 Å². The van der Waals surface area contributed by atoms with Gasteiger partial charge >= 0.3 is 0 Å². The summed E-state index contributed by atoms with van der Waals surface area (Å²) in [6.07, 6.45) is 7.55. The third-order valence-electron chi connectivity index (χ3n) is 4.08. The summed E-state index contributed by atoms with van der Waals surface area (Å²) in [6, 6.07) is 0. The van der Waals surface area contributed by atoms with Gasteiger partial charge in [0.25, 0.3) is 0 Å². The van der Waals surface area contributed by atoms with Gasteiger partial charge in [-0.25, -0.2) is 0 Å². The van der Waals surface area contributed by atoms with E-state index in [9.17, 15) is 4.79 Å². The molecule has 92 valence electrons. The molecule has 2 fully saturated rings. The monoisotopic (exact) mass is 287 g/mol. The molecule has 2 nitrogen and oxygen atoms in total. The molecule has 0 spiro atoms. The molecule has 2 aliphatic carbocycles. The first-order chi connectivity index (χ1) is 7.66. The minimum absolute atomic E-state index is 0.243. The van der Waals surface area contributed by atoms with Gasteiger partial charge in [0.05, 0.1) is 0 Å². The number of rotatable bonds is 4. The number of halogens is 1. The van der Waals surface area contributed by atoms with Crippen molar-refractivity contribution >= 4 is 21.8 Å². The summed E-state index contributed by atoms with van der Waals surface area (Å²) in [5, 5.41) is 3.13. The van der Waals surface area contributed by atoms with Crippen LogP contribution in [0.15, 0.2) is 0 Å². The first-order valence-corrected chi connectivity index (χ1v) is 7.50. The Bertz CT molecular complexity index is 244. The molecule has 0 aromatic carbocycles. The molecule has 0 aromatic heterocycles. The Morgan fingerprint density at radius 2 is 1.88 bits per heavy atom. The first-order valence-electron chi connectivity index (χ1n) is 6.58. The number of amides is 1. The summed E-state index contributed by atoms with van der Waals surface area (Å²) in [6.45, 7) is 2.97. The van der Waals surface area contributed by atoms with Crippen molar-refractivity contribution in [2.24, 2.45) is 17.8 Å². The van der Waals surface area contributed by atoms with E-state index in [4.69, 9.17) is 0 Å². The Balaban J connectivity index is 1.64. The summed E-state index contributed by atoms with van der Waals surface area (Å²) < 4.78 is 0. The van der Waals surface area contributed by atoms with Crippen molar-refractivity contribution in [2.75, 3.05) is 6.54 Å². The van der Waals surface area contributed by atoms with Gasteiger partial charge in [-0.15, -0.1) is 0 Å². The maximum Gasteiger partial charge on any atom is 0.223 e. The van der Waals surface area contributed by atoms with Crippen molar-refractivity contribution in [1.29, 1.82) is 0 Å². The molecule has 0 heterocycles. The minimum Gasteiger partial charge on any atom is -0.356 e. The average molecular weight is 288 g/mol. The zero-order chi connectivity index (χ0) is 11.5. The first kappa shape index (κ1) is 12.4. The van der Waals surface area contributed by atoms with E-state index >= 15 is 0 Å². The summed E-state index contributed by atoms with van der Waals surface area (Å²) >= 11 is 3.66. The highest BCUT2D eigenvalue weighted by atomic mass is 79.9. The maximum atomic E-state index is 11.8. The van der Waals surface area contributed by atoms with Gasteiger partial charge in [0.2, 0.25) is 5.91 Å². The molecule has 16 heavy (non-hydrogen) atoms. The van der Waals surface area contributed by atoms with Gasteiger partial charge < -0.3 is 5.32 Å². The van der Waals surface area contributed by atoms with Gasteiger partial charge in [-0.2, -0.15) is 0 Å². The quantitative estimate of drug-likeness (QED) is 0.791. The molecular weight excluding hydrogens is 266 g/mol. The number of hydrogen-bond donors (Lipinski definition) is 1. The van der Waals surface area contributed by atoms with Crippen LogP contribution in [0.1, 0.15) is 45.4 Å². The Kier molecular flexibility index (Phi) is 4.28. The van der Waals surface area contributed by atoms with E-state index in [1.165, 1.54) is 38.5 Å². The smallest absolute Gasteiger partial charge is 0.223 e. The molecule has 1 atom stereocenters. The second-order valence-corrected chi connectivity index (χ2v) is 6.78. The van der Waals surface area contributed by atoms with Crippen LogP contribution in [0.25, 0.3) is 0 Å². The molecule has 0 aliphatic heterocycles. The van der Waals surface area contributed by atoms with Crippen LogP contribution in [-0.2, 0) is 4.79 Å². The number of carbonyl (C=O) groups is 1. The number of carbonyl (C=O) groups excluding carboxylic acids is 1. The maximum absolute atomic E-state index is 11.8. The SMILES string of the molecule is CC(C(=O)NCC1CCC(Br)CC1)C1CC1. The summed E-state index contributed by atoms with van der Waals surface area (Å²) in [4.78, 5) is 12.5. The van der Waals surface area contributed by atoms with Crippen molar-refractivity contribution in [3.63, 3.8) is 0 Å². The minimum atomic E-state index is 0.243. The van der Waals surface area contributed by atoms with Gasteiger partial charge in [-0.05, 0) is 50.4 Å². The zero-order valence-electron chi connectivity index (χ0n) is 10.0. The standard InChI is InChI=1S/C13H22BrNO/c1-9(11-4-5-11)13(16)15-8-10-2-6-12(14)7-3-10/h9-12H,2-8H2,1H3,(H,15,16). The topological polar surface area (TPSA) is 29.1 Å². The molecule has 0 radical (unpaired) electrons. The lowest BCUT2D eigenvalue weighted by Crippen LogP contribution is -2.35. The molecule has 1 unspecified atom stereocenters. The number of nitrogens with one attached hydrogen (secondary N) is 1. The third-order valence-corrected chi connectivity index (χ3v) is 5.00. The predicted octanol–water partition coefficient (Wildman–Crippen LogP) is 3.10. The fourth-order valence-corrected chi connectivity index (χ4v) is 3.07. The van der Waals surface area contributed by atoms with Gasteiger partial charge in [0, 0.05) is 17.3 Å². The number of alkyl halides is 1. The second-order valence-electron chi connectivity index (χ2n) is 5.49. The van der Waals surface area contributed by atoms with Gasteiger partial charge in [0.15, 0.2) is 0 Å². The molecule has 1 amide bonds. The van der Waals surface area contributed by atoms with Gasteiger partial charge in [-0.3, -0.25) is 4.79 Å². The largest absolute Gasteiger partial charge is 0.356 e. The van der Waals surface area contributed by atoms with Crippen molar-refractivity contribution in [3.8, 4) is 0 Å². The van der Waals surface area contributed by atoms with E-state index in [0.29, 0.717) is 16.7 Å². The molecule has 1 N–H and O–H groups in total. The van der Waals surface area contributed by atoms with Crippen LogP contribution in [-0.4, -0.2) is 17.3 Å². The van der Waals surface area contributed by atoms with Crippen LogP contribution in [0.2, 0.25) is 0 Å². The van der Waals surface area contributed by atoms with Crippen molar-refractivity contribution < 1.29 is 4.79 Å². The van der Waals surface area contributed by atoms with E-state index in [2.05, 4.69) is 28.2 Å². The third kappa shape index (κ3) is 3.47. The summed E-state index contributed by atoms with van der Waals surface area (Å²) in [5.74, 6) is 1.92. The van der Waals surface area contributed by atoms with E-state index in [-0.39, 0.29) is 11.8 Å². The highest BCUT2D eigenvalue weighted by molar-refractivity contribution is 9.09. The van der Waals surface area contributed by atoms with E-state index in [1.54, 1.807) is 0 Å². The van der Waals surface area contributed by atoms with E-state index < -0.39 is 0 Å². The van der Waals surface area contributed by atoms with Crippen molar-refractivity contribution in [2.45, 2.75) is 50.3 Å². The normalized spacial score (nSPS) is 32.1. The summed E-state index contributed by atoms with van der Waals surface area (Å²) in [5.41, 5.74) is 0. The molecule has 2 rings (SSSR count). The molecule has 0 bridgehead atoms. The highest BCUT2D eigenvalue weighted by Gasteiger charge is 2.32. The highest BCUT2D eigenvalue weighted by Crippen LogP contribution is 2.36. The van der Waals surface area contributed by atoms with Crippen LogP contribution >= 0.6 is 15.9 Å². The predicted molar refractivity (Wildman–Crippen MR) is 69.6 cm³/mol. The Labute approximate surface area is 107 Å². The van der Waals surface area contributed by atoms with Crippen molar-refractivity contribution in [1.82, 2.24) is 5.32 Å². The Morgan fingerprint density at radius 3 is 2.44 bits per heavy atom. The second kappa shape index (κ2) is 5.52. The molecule has 0 saturated heterocycles. The van der Waals surface area contributed by atoms with Crippen LogP contribution < -0.4 is 5.32 Å². The molecular formula is C13H22BrNO. The van der Waals surface area contributed by atoms with Crippen LogP contribution in [0.3, 0.4) is 0 Å². The molecule has 0 aromatic rings. The molecule has 2 aliphatic rings. The van der Waals surface area contributed by atoms with Crippen LogP contribution in [0, 0.1) is 17.8 Å². The zero-order valence-corrected chi connectivity index (χ0v) is 11.6. The van der Waals surface area contributed by atoms with E-state index in [0.717, 1.165) is 6.54 Å². The fraction of sp³-hybridized carbons (Fsp3) is 0.923. The lowest BCUT2D eigenvalue weighted by molar-refractivity contribution is -0.125. The van der Waals surface area contributed by atoms with Crippen molar-refractivity contribution in [3.05, 3.63) is 0 Å².